The first kappa shape index (κ1) is 23.9. The topological polar surface area (TPSA) is 75.7 Å². The molecule has 30 heavy (non-hydrogen) atoms. The maximum Gasteiger partial charge on any atom is 0.243 e. The highest BCUT2D eigenvalue weighted by atomic mass is 32.2. The van der Waals surface area contributed by atoms with Crippen LogP contribution >= 0.6 is 0 Å². The SMILES string of the molecule is COc1cc(C)c([C@H](C)NC(=O)[C@@H](c2ccccc2)N(C)S(C)(=O)=O)cc1C(C)C. The highest BCUT2D eigenvalue weighted by Gasteiger charge is 2.31. The van der Waals surface area contributed by atoms with Crippen molar-refractivity contribution in [3.8, 4) is 5.75 Å². The second kappa shape index (κ2) is 9.62. The standard InChI is InChI=1S/C23H32N2O4S/c1-15(2)19-14-20(16(3)13-21(19)29-6)17(4)24-23(26)22(25(5)30(7,27)28)18-11-9-8-10-12-18/h8-15,17,22H,1-7H3,(H,24,26)/t17-,22+/m0/s1. The molecule has 0 aromatic heterocycles. The van der Waals surface area contributed by atoms with Crippen LogP contribution < -0.4 is 10.1 Å². The van der Waals surface area contributed by atoms with Crippen LogP contribution in [0, 0.1) is 6.92 Å². The van der Waals surface area contributed by atoms with E-state index in [9.17, 15) is 13.2 Å². The Balaban J connectivity index is 2.39. The van der Waals surface area contributed by atoms with Crippen LogP contribution in [-0.2, 0) is 14.8 Å². The molecule has 0 spiro atoms. The van der Waals surface area contributed by atoms with E-state index in [1.165, 1.54) is 7.05 Å². The van der Waals surface area contributed by atoms with Gasteiger partial charge in [-0.05, 0) is 54.2 Å². The Morgan fingerprint density at radius 1 is 1.07 bits per heavy atom. The lowest BCUT2D eigenvalue weighted by molar-refractivity contribution is -0.125. The van der Waals surface area contributed by atoms with Crippen LogP contribution in [0.1, 0.15) is 61.0 Å². The molecular formula is C23H32N2O4S. The average Bonchev–Trinajstić information content (AvgIpc) is 2.67. The van der Waals surface area contributed by atoms with Gasteiger partial charge in [0.2, 0.25) is 15.9 Å². The first-order chi connectivity index (χ1) is 14.0. The van der Waals surface area contributed by atoms with Crippen molar-refractivity contribution in [2.24, 2.45) is 0 Å². The monoisotopic (exact) mass is 432 g/mol. The molecule has 7 heteroatoms. The Hall–Kier alpha value is -2.38. The third-order valence-electron chi connectivity index (χ3n) is 5.32. The van der Waals surface area contributed by atoms with Crippen LogP contribution in [0.4, 0.5) is 0 Å². The minimum absolute atomic E-state index is 0.260. The maximum atomic E-state index is 13.2. The van der Waals surface area contributed by atoms with E-state index in [0.717, 1.165) is 33.0 Å². The van der Waals surface area contributed by atoms with Gasteiger partial charge < -0.3 is 10.1 Å². The molecule has 0 aliphatic carbocycles. The number of benzene rings is 2. The Morgan fingerprint density at radius 2 is 1.67 bits per heavy atom. The van der Waals surface area contributed by atoms with Crippen molar-refractivity contribution in [1.29, 1.82) is 0 Å². The molecule has 0 aliphatic heterocycles. The number of likely N-dealkylation sites (N-methyl/N-ethyl adjacent to an activating group) is 1. The van der Waals surface area contributed by atoms with Gasteiger partial charge in [-0.2, -0.15) is 4.31 Å². The first-order valence-electron chi connectivity index (χ1n) is 9.94. The largest absolute Gasteiger partial charge is 0.496 e. The molecule has 0 saturated carbocycles. The van der Waals surface area contributed by atoms with Crippen molar-refractivity contribution in [3.63, 3.8) is 0 Å². The molecular weight excluding hydrogens is 400 g/mol. The fourth-order valence-electron chi connectivity index (χ4n) is 3.53. The number of sulfonamides is 1. The van der Waals surface area contributed by atoms with Crippen molar-refractivity contribution >= 4 is 15.9 Å². The summed E-state index contributed by atoms with van der Waals surface area (Å²) < 4.78 is 31.0. The van der Waals surface area contributed by atoms with Crippen LogP contribution in [0.5, 0.6) is 5.75 Å². The van der Waals surface area contributed by atoms with Gasteiger partial charge in [0.05, 0.1) is 19.4 Å². The van der Waals surface area contributed by atoms with Gasteiger partial charge in [-0.3, -0.25) is 4.79 Å². The summed E-state index contributed by atoms with van der Waals surface area (Å²) in [6, 6.07) is 11.7. The van der Waals surface area contributed by atoms with Crippen LogP contribution in [-0.4, -0.2) is 39.0 Å². The number of nitrogens with one attached hydrogen (secondary N) is 1. The molecule has 0 fully saturated rings. The van der Waals surface area contributed by atoms with Crippen molar-refractivity contribution < 1.29 is 17.9 Å². The van der Waals surface area contributed by atoms with E-state index < -0.39 is 16.1 Å². The number of hydrogen-bond acceptors (Lipinski definition) is 4. The van der Waals surface area contributed by atoms with Gasteiger partial charge in [-0.1, -0.05) is 44.2 Å². The summed E-state index contributed by atoms with van der Waals surface area (Å²) in [7, 11) is -0.502. The third kappa shape index (κ3) is 5.40. The van der Waals surface area contributed by atoms with Crippen molar-refractivity contribution in [3.05, 3.63) is 64.7 Å². The average molecular weight is 433 g/mol. The smallest absolute Gasteiger partial charge is 0.243 e. The second-order valence-corrected chi connectivity index (χ2v) is 9.97. The van der Waals surface area contributed by atoms with E-state index in [1.807, 2.05) is 26.0 Å². The van der Waals surface area contributed by atoms with E-state index in [-0.39, 0.29) is 17.9 Å². The van der Waals surface area contributed by atoms with Crippen LogP contribution in [0.2, 0.25) is 0 Å². The van der Waals surface area contributed by atoms with Gasteiger partial charge in [0.15, 0.2) is 0 Å². The molecule has 0 saturated heterocycles. The molecule has 164 valence electrons. The summed E-state index contributed by atoms with van der Waals surface area (Å²) in [5.74, 6) is 0.710. The molecule has 0 bridgehead atoms. The first-order valence-corrected chi connectivity index (χ1v) is 11.8. The van der Waals surface area contributed by atoms with Crippen LogP contribution in [0.25, 0.3) is 0 Å². The Kier molecular flexibility index (Phi) is 7.66. The molecule has 2 rings (SSSR count). The summed E-state index contributed by atoms with van der Waals surface area (Å²) in [4.78, 5) is 13.2. The number of methoxy groups -OCH3 is 1. The normalized spacial score (nSPS) is 13.9. The fraction of sp³-hybridized carbons (Fsp3) is 0.435. The maximum absolute atomic E-state index is 13.2. The zero-order valence-electron chi connectivity index (χ0n) is 18.8. The molecule has 0 radical (unpaired) electrons. The summed E-state index contributed by atoms with van der Waals surface area (Å²) in [6.45, 7) is 8.06. The molecule has 6 nitrogen and oxygen atoms in total. The quantitative estimate of drug-likeness (QED) is 0.686. The van der Waals surface area contributed by atoms with Gasteiger partial charge in [0.25, 0.3) is 0 Å². The van der Waals surface area contributed by atoms with Gasteiger partial charge in [0.1, 0.15) is 11.8 Å². The predicted molar refractivity (Wildman–Crippen MR) is 120 cm³/mol. The highest BCUT2D eigenvalue weighted by Crippen LogP contribution is 2.32. The van der Waals surface area contributed by atoms with Gasteiger partial charge >= 0.3 is 0 Å². The van der Waals surface area contributed by atoms with Crippen LogP contribution in [0.3, 0.4) is 0 Å². The molecule has 2 atom stereocenters. The lowest BCUT2D eigenvalue weighted by Gasteiger charge is -2.28. The molecule has 1 N–H and O–H groups in total. The van der Waals surface area contributed by atoms with Crippen molar-refractivity contribution in [2.45, 2.75) is 45.7 Å². The van der Waals surface area contributed by atoms with Crippen molar-refractivity contribution in [2.75, 3.05) is 20.4 Å². The minimum Gasteiger partial charge on any atom is -0.496 e. The summed E-state index contributed by atoms with van der Waals surface area (Å²) in [6.07, 6.45) is 1.10. The Morgan fingerprint density at radius 3 is 2.17 bits per heavy atom. The Bertz CT molecular complexity index is 988. The molecule has 0 unspecified atom stereocenters. The number of carbonyl (C=O) groups excluding carboxylic acids is 1. The van der Waals surface area contributed by atoms with Gasteiger partial charge in [-0.25, -0.2) is 8.42 Å². The molecule has 2 aromatic rings. The van der Waals surface area contributed by atoms with E-state index >= 15 is 0 Å². The lowest BCUT2D eigenvalue weighted by Crippen LogP contribution is -2.42. The summed E-state index contributed by atoms with van der Waals surface area (Å²) in [5.41, 5.74) is 3.65. The number of amides is 1. The zero-order chi connectivity index (χ0) is 22.6. The number of rotatable bonds is 8. The fourth-order valence-corrected chi connectivity index (χ4v) is 4.13. The molecule has 0 heterocycles. The second-order valence-electron chi connectivity index (χ2n) is 7.93. The Labute approximate surface area is 180 Å². The predicted octanol–water partition coefficient (Wildman–Crippen LogP) is 3.94. The molecule has 2 aromatic carbocycles. The summed E-state index contributed by atoms with van der Waals surface area (Å²) >= 11 is 0. The lowest BCUT2D eigenvalue weighted by atomic mass is 9.93. The van der Waals surface area contributed by atoms with E-state index in [2.05, 4.69) is 25.2 Å². The van der Waals surface area contributed by atoms with Crippen LogP contribution in [0.15, 0.2) is 42.5 Å². The highest BCUT2D eigenvalue weighted by molar-refractivity contribution is 7.88. The number of nitrogens with zero attached hydrogens (tertiary/aromatic N) is 1. The van der Waals surface area contributed by atoms with Gasteiger partial charge in [0, 0.05) is 7.05 Å². The zero-order valence-corrected chi connectivity index (χ0v) is 19.6. The molecule has 0 aliphatic rings. The summed E-state index contributed by atoms with van der Waals surface area (Å²) in [5, 5.41) is 3.01. The van der Waals surface area contributed by atoms with Crippen molar-refractivity contribution in [1.82, 2.24) is 9.62 Å². The number of ether oxygens (including phenoxy) is 1. The number of hydrogen-bond donors (Lipinski definition) is 1. The van der Waals surface area contributed by atoms with Gasteiger partial charge in [-0.15, -0.1) is 0 Å². The minimum atomic E-state index is -3.57. The van der Waals surface area contributed by atoms with E-state index in [4.69, 9.17) is 4.74 Å². The number of aryl methyl sites for hydroxylation is 1. The number of carbonyl (C=O) groups is 1. The molecule has 1 amide bonds. The third-order valence-corrected chi connectivity index (χ3v) is 6.57. The van der Waals surface area contributed by atoms with E-state index in [1.54, 1.807) is 31.4 Å². The van der Waals surface area contributed by atoms with E-state index in [0.29, 0.717) is 5.56 Å².